The lowest BCUT2D eigenvalue weighted by molar-refractivity contribution is -0.384. The molecule has 32 heavy (non-hydrogen) atoms. The first-order valence-electron chi connectivity index (χ1n) is 11.9. The maximum absolute atomic E-state index is 12.7. The van der Waals surface area contributed by atoms with Crippen LogP contribution in [0.4, 0.5) is 11.4 Å². The minimum Gasteiger partial charge on any atom is -0.461 e. The standard InChI is InChI=1S/C24H37N3O5/c1-17(2)13-22(24(28)32-20-5-3-4-6-20)26-16-19-7-8-21(23(14-19)27(29)30)25-15-18-9-11-31-12-10-18/h7-8,14,17-18,20,22,25-26H,3-6,9-13,15-16H2,1-2H3. The fourth-order valence-corrected chi connectivity index (χ4v) is 4.42. The van der Waals surface area contributed by atoms with Gasteiger partial charge in [0.2, 0.25) is 0 Å². The number of carbonyl (C=O) groups is 1. The Labute approximate surface area is 190 Å². The van der Waals surface area contributed by atoms with Crippen LogP contribution in [0.5, 0.6) is 0 Å². The topological polar surface area (TPSA) is 103 Å². The van der Waals surface area contributed by atoms with Crippen LogP contribution in [0.25, 0.3) is 0 Å². The highest BCUT2D eigenvalue weighted by molar-refractivity contribution is 5.76. The zero-order valence-electron chi connectivity index (χ0n) is 19.3. The zero-order chi connectivity index (χ0) is 22.9. The summed E-state index contributed by atoms with van der Waals surface area (Å²) in [6.07, 6.45) is 6.73. The number of carbonyl (C=O) groups excluding carboxylic acids is 1. The second-order valence-electron chi connectivity index (χ2n) is 9.45. The second kappa shape index (κ2) is 12.2. The van der Waals surface area contributed by atoms with E-state index in [-0.39, 0.29) is 22.7 Å². The van der Waals surface area contributed by atoms with Gasteiger partial charge in [0.15, 0.2) is 0 Å². The van der Waals surface area contributed by atoms with Crippen molar-refractivity contribution >= 4 is 17.3 Å². The van der Waals surface area contributed by atoms with E-state index in [1.165, 1.54) is 0 Å². The number of nitro groups is 1. The molecular formula is C24H37N3O5. The van der Waals surface area contributed by atoms with Crippen molar-refractivity contribution < 1.29 is 19.2 Å². The number of rotatable bonds is 11. The van der Waals surface area contributed by atoms with Gasteiger partial charge in [-0.2, -0.15) is 0 Å². The highest BCUT2D eigenvalue weighted by atomic mass is 16.6. The average Bonchev–Trinajstić information content (AvgIpc) is 3.28. The Morgan fingerprint density at radius 2 is 1.94 bits per heavy atom. The first kappa shape index (κ1) is 24.5. The lowest BCUT2D eigenvalue weighted by Gasteiger charge is -2.23. The van der Waals surface area contributed by atoms with Gasteiger partial charge in [0.1, 0.15) is 17.8 Å². The molecule has 0 radical (unpaired) electrons. The minimum atomic E-state index is -0.416. The van der Waals surface area contributed by atoms with Gasteiger partial charge in [-0.15, -0.1) is 0 Å². The van der Waals surface area contributed by atoms with E-state index in [2.05, 4.69) is 24.5 Å². The number of esters is 1. The van der Waals surface area contributed by atoms with Gasteiger partial charge in [0.05, 0.1) is 4.92 Å². The number of hydrogen-bond donors (Lipinski definition) is 2. The van der Waals surface area contributed by atoms with Crippen LogP contribution in [0.1, 0.15) is 64.4 Å². The van der Waals surface area contributed by atoms with E-state index in [1.807, 2.05) is 6.07 Å². The predicted octanol–water partition coefficient (Wildman–Crippen LogP) is 4.42. The summed E-state index contributed by atoms with van der Waals surface area (Å²) in [6, 6.07) is 4.82. The van der Waals surface area contributed by atoms with E-state index in [0.29, 0.717) is 37.0 Å². The van der Waals surface area contributed by atoms with Crippen LogP contribution in [0.3, 0.4) is 0 Å². The number of benzene rings is 1. The predicted molar refractivity (Wildman–Crippen MR) is 124 cm³/mol. The van der Waals surface area contributed by atoms with Crippen molar-refractivity contribution in [3.63, 3.8) is 0 Å². The Kier molecular flexibility index (Phi) is 9.29. The smallest absolute Gasteiger partial charge is 0.323 e. The Balaban J connectivity index is 1.60. The number of nitrogens with zero attached hydrogens (tertiary/aromatic N) is 1. The lowest BCUT2D eigenvalue weighted by Crippen LogP contribution is -2.40. The summed E-state index contributed by atoms with van der Waals surface area (Å²) in [5.41, 5.74) is 1.37. The van der Waals surface area contributed by atoms with Gasteiger partial charge in [-0.1, -0.05) is 19.9 Å². The molecule has 8 heteroatoms. The molecular weight excluding hydrogens is 410 g/mol. The maximum Gasteiger partial charge on any atom is 0.323 e. The van der Waals surface area contributed by atoms with E-state index < -0.39 is 6.04 Å². The van der Waals surface area contributed by atoms with Gasteiger partial charge in [0.25, 0.3) is 5.69 Å². The van der Waals surface area contributed by atoms with Crippen molar-refractivity contribution in [2.45, 2.75) is 77.5 Å². The molecule has 1 heterocycles. The van der Waals surface area contributed by atoms with Crippen LogP contribution in [0.2, 0.25) is 0 Å². The largest absolute Gasteiger partial charge is 0.461 e. The molecule has 0 amide bonds. The molecule has 1 atom stereocenters. The first-order chi connectivity index (χ1) is 15.4. The first-order valence-corrected chi connectivity index (χ1v) is 11.9. The van der Waals surface area contributed by atoms with Crippen molar-refractivity contribution in [3.8, 4) is 0 Å². The number of nitro benzene ring substituents is 1. The van der Waals surface area contributed by atoms with Crippen LogP contribution in [-0.4, -0.2) is 42.8 Å². The van der Waals surface area contributed by atoms with Crippen LogP contribution in [0.15, 0.2) is 18.2 Å². The number of nitrogens with one attached hydrogen (secondary N) is 2. The van der Waals surface area contributed by atoms with Gasteiger partial charge in [-0.25, -0.2) is 0 Å². The fraction of sp³-hybridized carbons (Fsp3) is 0.708. The summed E-state index contributed by atoms with van der Waals surface area (Å²) in [4.78, 5) is 24.0. The number of ether oxygens (including phenoxy) is 2. The van der Waals surface area contributed by atoms with Crippen LogP contribution in [-0.2, 0) is 20.8 Å². The van der Waals surface area contributed by atoms with E-state index in [4.69, 9.17) is 9.47 Å². The third-order valence-electron chi connectivity index (χ3n) is 6.31. The lowest BCUT2D eigenvalue weighted by atomic mass is 10.0. The van der Waals surface area contributed by atoms with Crippen LogP contribution < -0.4 is 10.6 Å². The van der Waals surface area contributed by atoms with Crippen molar-refractivity contribution in [2.24, 2.45) is 11.8 Å². The molecule has 2 fully saturated rings. The molecule has 8 nitrogen and oxygen atoms in total. The SMILES string of the molecule is CC(C)CC(NCc1ccc(NCC2CCOCC2)c([N+](=O)[O-])c1)C(=O)OC1CCCC1. The fourth-order valence-electron chi connectivity index (χ4n) is 4.42. The minimum absolute atomic E-state index is 0.0288. The zero-order valence-corrected chi connectivity index (χ0v) is 19.3. The molecule has 0 spiro atoms. The van der Waals surface area contributed by atoms with E-state index >= 15 is 0 Å². The van der Waals surface area contributed by atoms with Gasteiger partial charge in [0, 0.05) is 32.4 Å². The molecule has 178 valence electrons. The molecule has 1 aromatic rings. The molecule has 1 saturated heterocycles. The molecule has 2 N–H and O–H groups in total. The van der Waals surface area contributed by atoms with E-state index in [1.54, 1.807) is 12.1 Å². The molecule has 1 saturated carbocycles. The number of hydrogen-bond acceptors (Lipinski definition) is 7. The van der Waals surface area contributed by atoms with Crippen molar-refractivity contribution in [3.05, 3.63) is 33.9 Å². The highest BCUT2D eigenvalue weighted by Gasteiger charge is 2.26. The van der Waals surface area contributed by atoms with Crippen molar-refractivity contribution in [2.75, 3.05) is 25.1 Å². The monoisotopic (exact) mass is 447 g/mol. The molecule has 2 aliphatic rings. The summed E-state index contributed by atoms with van der Waals surface area (Å²) in [7, 11) is 0. The van der Waals surface area contributed by atoms with Gasteiger partial charge in [-0.05, 0) is 68.4 Å². The molecule has 1 aromatic carbocycles. The molecule has 0 bridgehead atoms. The summed E-state index contributed by atoms with van der Waals surface area (Å²) >= 11 is 0. The second-order valence-corrected chi connectivity index (χ2v) is 9.45. The summed E-state index contributed by atoms with van der Waals surface area (Å²) < 4.78 is 11.1. The van der Waals surface area contributed by atoms with Gasteiger partial charge < -0.3 is 20.1 Å². The quantitative estimate of drug-likeness (QED) is 0.294. The van der Waals surface area contributed by atoms with Crippen molar-refractivity contribution in [1.29, 1.82) is 0 Å². The summed E-state index contributed by atoms with van der Waals surface area (Å²) in [5.74, 6) is 0.581. The number of anilines is 1. The maximum atomic E-state index is 12.7. The highest BCUT2D eigenvalue weighted by Crippen LogP contribution is 2.27. The Hall–Kier alpha value is -2.19. The molecule has 3 rings (SSSR count). The normalized spacial score (nSPS) is 18.6. The molecule has 1 unspecified atom stereocenters. The third-order valence-corrected chi connectivity index (χ3v) is 6.31. The summed E-state index contributed by atoms with van der Waals surface area (Å²) in [5, 5.41) is 18.2. The van der Waals surface area contributed by atoms with Crippen molar-refractivity contribution in [1.82, 2.24) is 5.32 Å². The Morgan fingerprint density at radius 1 is 1.22 bits per heavy atom. The molecule has 1 aliphatic carbocycles. The van der Waals surface area contributed by atoms with Crippen LogP contribution in [0, 0.1) is 22.0 Å². The Bertz CT molecular complexity index is 758. The van der Waals surface area contributed by atoms with Gasteiger partial charge in [-0.3, -0.25) is 14.9 Å². The molecule has 0 aromatic heterocycles. The summed E-state index contributed by atoms with van der Waals surface area (Å²) in [6.45, 7) is 6.71. The average molecular weight is 448 g/mol. The third kappa shape index (κ3) is 7.45. The van der Waals surface area contributed by atoms with Gasteiger partial charge >= 0.3 is 5.97 Å². The van der Waals surface area contributed by atoms with Crippen LogP contribution >= 0.6 is 0 Å². The van der Waals surface area contributed by atoms with E-state index in [9.17, 15) is 14.9 Å². The Morgan fingerprint density at radius 3 is 2.59 bits per heavy atom. The van der Waals surface area contributed by atoms with E-state index in [0.717, 1.165) is 57.3 Å². The molecule has 1 aliphatic heterocycles.